The Balaban J connectivity index is 2.64. The van der Waals surface area contributed by atoms with Crippen molar-refractivity contribution in [1.82, 2.24) is 5.32 Å². The van der Waals surface area contributed by atoms with E-state index >= 15 is 0 Å². The Kier molecular flexibility index (Phi) is 5.21. The molecule has 2 N–H and O–H groups in total. The van der Waals surface area contributed by atoms with E-state index in [2.05, 4.69) is 11.9 Å². The summed E-state index contributed by atoms with van der Waals surface area (Å²) in [5.41, 5.74) is -2.29. The average Bonchev–Trinajstić information content (AvgIpc) is 2.34. The number of carbonyl (C=O) groups excluding carboxylic acids is 1. The molecule has 0 aliphatic carbocycles. The number of carbonyl (C=O) groups is 1. The van der Waals surface area contributed by atoms with Crippen LogP contribution < -0.4 is 5.32 Å². The van der Waals surface area contributed by atoms with Crippen molar-refractivity contribution in [3.05, 3.63) is 12.2 Å². The third-order valence-corrected chi connectivity index (χ3v) is 3.36. The molecule has 0 unspecified atom stereocenters. The minimum atomic E-state index is -4.79. The van der Waals surface area contributed by atoms with Gasteiger partial charge in [0, 0.05) is 6.61 Å². The number of hydrogen-bond acceptors (Lipinski definition) is 3. The van der Waals surface area contributed by atoms with Gasteiger partial charge in [-0.25, -0.2) is 0 Å². The Hall–Kier alpha value is -1.08. The number of alkyl halides is 3. The Morgan fingerprint density at radius 1 is 1.50 bits per heavy atom. The van der Waals surface area contributed by atoms with E-state index in [-0.39, 0.29) is 0 Å². The quantitative estimate of drug-likeness (QED) is 0.777. The first-order chi connectivity index (χ1) is 9.06. The second-order valence-electron chi connectivity index (χ2n) is 5.38. The number of aliphatic hydroxyl groups is 1. The minimum absolute atomic E-state index is 0.486. The third kappa shape index (κ3) is 3.96. The molecular weight excluding hydrogens is 275 g/mol. The summed E-state index contributed by atoms with van der Waals surface area (Å²) >= 11 is 0. The van der Waals surface area contributed by atoms with Crippen LogP contribution >= 0.6 is 0 Å². The van der Waals surface area contributed by atoms with E-state index in [1.54, 1.807) is 6.92 Å². The first kappa shape index (κ1) is 17.0. The average molecular weight is 295 g/mol. The number of ether oxygens (including phenoxy) is 1. The van der Waals surface area contributed by atoms with Gasteiger partial charge in [0.15, 0.2) is 5.60 Å². The lowest BCUT2D eigenvalue weighted by Gasteiger charge is -2.32. The predicted octanol–water partition coefficient (Wildman–Crippen LogP) is 1.79. The van der Waals surface area contributed by atoms with Crippen LogP contribution in [0.4, 0.5) is 13.2 Å². The zero-order valence-corrected chi connectivity index (χ0v) is 11.6. The van der Waals surface area contributed by atoms with Crippen molar-refractivity contribution in [3.63, 3.8) is 0 Å². The fraction of sp³-hybridized carbons (Fsp3) is 0.769. The third-order valence-electron chi connectivity index (χ3n) is 3.36. The number of rotatable bonds is 4. The van der Waals surface area contributed by atoms with Crippen molar-refractivity contribution in [2.45, 2.75) is 44.6 Å². The molecule has 0 saturated carbocycles. The van der Waals surface area contributed by atoms with E-state index in [0.29, 0.717) is 31.9 Å². The summed E-state index contributed by atoms with van der Waals surface area (Å²) in [4.78, 5) is 12.0. The molecule has 1 heterocycles. The number of halogens is 3. The summed E-state index contributed by atoms with van der Waals surface area (Å²) in [5, 5.41) is 11.4. The van der Waals surface area contributed by atoms with Crippen LogP contribution in [-0.2, 0) is 9.53 Å². The van der Waals surface area contributed by atoms with E-state index in [1.165, 1.54) is 0 Å². The fourth-order valence-corrected chi connectivity index (χ4v) is 2.03. The lowest BCUT2D eigenvalue weighted by molar-refractivity contribution is -0.250. The van der Waals surface area contributed by atoms with Gasteiger partial charge in [0.25, 0.3) is 0 Å². The van der Waals surface area contributed by atoms with Crippen molar-refractivity contribution in [1.29, 1.82) is 0 Å². The maximum Gasteiger partial charge on any atom is 0.418 e. The Labute approximate surface area is 116 Å². The maximum atomic E-state index is 12.5. The molecule has 1 aliphatic heterocycles. The van der Waals surface area contributed by atoms with Crippen LogP contribution in [0, 0.1) is 5.92 Å². The SMILES string of the molecule is C=C(C)[C@@H]1OCCC[C@@H]1C(=O)NC[C@@](C)(O)C(F)(F)F. The largest absolute Gasteiger partial charge is 0.418 e. The van der Waals surface area contributed by atoms with Gasteiger partial charge in [-0.15, -0.1) is 0 Å². The summed E-state index contributed by atoms with van der Waals surface area (Å²) in [6.45, 7) is 5.68. The van der Waals surface area contributed by atoms with Gasteiger partial charge in [0.1, 0.15) is 0 Å². The van der Waals surface area contributed by atoms with Gasteiger partial charge in [-0.05, 0) is 26.7 Å². The molecule has 1 saturated heterocycles. The molecule has 20 heavy (non-hydrogen) atoms. The van der Waals surface area contributed by atoms with Gasteiger partial charge in [0.05, 0.1) is 18.6 Å². The smallest absolute Gasteiger partial charge is 0.379 e. The van der Waals surface area contributed by atoms with Gasteiger partial charge in [-0.3, -0.25) is 4.79 Å². The summed E-state index contributed by atoms with van der Waals surface area (Å²) in [7, 11) is 0. The molecule has 0 aromatic heterocycles. The van der Waals surface area contributed by atoms with Gasteiger partial charge in [-0.2, -0.15) is 13.2 Å². The minimum Gasteiger partial charge on any atom is -0.379 e. The molecule has 4 nitrogen and oxygen atoms in total. The lowest BCUT2D eigenvalue weighted by atomic mass is 9.89. The standard InChI is InChI=1S/C13H20F3NO3/c1-8(2)10-9(5-4-6-20-10)11(18)17-7-12(3,19)13(14,15)16/h9-10,19H,1,4-7H2,2-3H3,(H,17,18)/t9-,10-,12+/m0/s1. The van der Waals surface area contributed by atoms with Crippen LogP contribution in [0.5, 0.6) is 0 Å². The molecule has 1 amide bonds. The molecule has 1 fully saturated rings. The molecule has 1 aliphatic rings. The topological polar surface area (TPSA) is 58.6 Å². The summed E-state index contributed by atoms with van der Waals surface area (Å²) in [6, 6.07) is 0. The highest BCUT2D eigenvalue weighted by molar-refractivity contribution is 5.79. The van der Waals surface area contributed by atoms with Crippen molar-refractivity contribution in [2.75, 3.05) is 13.2 Å². The highest BCUT2D eigenvalue weighted by Gasteiger charge is 2.50. The number of hydrogen-bond donors (Lipinski definition) is 2. The normalized spacial score (nSPS) is 26.7. The molecule has 0 aromatic rings. The predicted molar refractivity (Wildman–Crippen MR) is 67.0 cm³/mol. The van der Waals surface area contributed by atoms with Gasteiger partial charge >= 0.3 is 6.18 Å². The highest BCUT2D eigenvalue weighted by atomic mass is 19.4. The Bertz CT molecular complexity index is 380. The van der Waals surface area contributed by atoms with Crippen LogP contribution in [0.1, 0.15) is 26.7 Å². The van der Waals surface area contributed by atoms with Crippen LogP contribution in [-0.4, -0.2) is 42.0 Å². The van der Waals surface area contributed by atoms with E-state index in [0.717, 1.165) is 0 Å². The van der Waals surface area contributed by atoms with Crippen LogP contribution in [0.3, 0.4) is 0 Å². The zero-order valence-electron chi connectivity index (χ0n) is 11.6. The molecule has 0 spiro atoms. The zero-order chi connectivity index (χ0) is 15.6. The molecule has 1 rings (SSSR count). The van der Waals surface area contributed by atoms with Crippen molar-refractivity contribution < 1.29 is 27.8 Å². The second-order valence-corrected chi connectivity index (χ2v) is 5.38. The molecule has 116 valence electrons. The molecule has 3 atom stereocenters. The molecule has 0 aromatic carbocycles. The summed E-state index contributed by atoms with van der Waals surface area (Å²) in [6.07, 6.45) is -4.09. The van der Waals surface area contributed by atoms with Crippen molar-refractivity contribution in [3.8, 4) is 0 Å². The number of amides is 1. The van der Waals surface area contributed by atoms with E-state index in [4.69, 9.17) is 4.74 Å². The molecular formula is C13H20F3NO3. The summed E-state index contributed by atoms with van der Waals surface area (Å²) in [5.74, 6) is -1.12. The first-order valence-corrected chi connectivity index (χ1v) is 6.40. The Morgan fingerprint density at radius 2 is 2.10 bits per heavy atom. The fourth-order valence-electron chi connectivity index (χ4n) is 2.03. The monoisotopic (exact) mass is 295 g/mol. The van der Waals surface area contributed by atoms with Gasteiger partial charge in [-0.1, -0.05) is 12.2 Å². The summed E-state index contributed by atoms with van der Waals surface area (Å²) < 4.78 is 42.9. The van der Waals surface area contributed by atoms with E-state index in [9.17, 15) is 23.1 Å². The van der Waals surface area contributed by atoms with Crippen LogP contribution in [0.15, 0.2) is 12.2 Å². The van der Waals surface area contributed by atoms with Crippen LogP contribution in [0.25, 0.3) is 0 Å². The Morgan fingerprint density at radius 3 is 2.60 bits per heavy atom. The lowest BCUT2D eigenvalue weighted by Crippen LogP contribution is -2.53. The molecule has 0 bridgehead atoms. The second kappa shape index (κ2) is 6.13. The van der Waals surface area contributed by atoms with Crippen molar-refractivity contribution >= 4 is 5.91 Å². The molecule has 0 radical (unpaired) electrons. The molecule has 7 heteroatoms. The van der Waals surface area contributed by atoms with Crippen molar-refractivity contribution in [2.24, 2.45) is 5.92 Å². The van der Waals surface area contributed by atoms with Gasteiger partial charge < -0.3 is 15.2 Å². The maximum absolute atomic E-state index is 12.5. The number of nitrogens with one attached hydrogen (secondary N) is 1. The first-order valence-electron chi connectivity index (χ1n) is 6.40. The van der Waals surface area contributed by atoms with E-state index < -0.39 is 36.3 Å². The van der Waals surface area contributed by atoms with Gasteiger partial charge in [0.2, 0.25) is 5.91 Å². The highest BCUT2D eigenvalue weighted by Crippen LogP contribution is 2.30. The van der Waals surface area contributed by atoms with Crippen LogP contribution in [0.2, 0.25) is 0 Å². The van der Waals surface area contributed by atoms with E-state index in [1.807, 2.05) is 0 Å².